The summed E-state index contributed by atoms with van der Waals surface area (Å²) >= 11 is 0. The monoisotopic (exact) mass is 137 g/mol. The smallest absolute Gasteiger partial charge is 0.130 e. The van der Waals surface area contributed by atoms with Gasteiger partial charge in [-0.1, -0.05) is 12.2 Å². The van der Waals surface area contributed by atoms with Crippen LogP contribution in [0.25, 0.3) is 0 Å². The fourth-order valence-electron chi connectivity index (χ4n) is 1.37. The normalized spacial score (nSPS) is 36.7. The number of nitrogens with two attached hydrogens (primary N) is 1. The Morgan fingerprint density at radius 2 is 2.50 bits per heavy atom. The average molecular weight is 137 g/mol. The van der Waals surface area contributed by atoms with Crippen molar-refractivity contribution < 1.29 is 0 Å². The molecule has 2 unspecified atom stereocenters. The quantitative estimate of drug-likeness (QED) is 0.427. The first-order valence-corrected chi connectivity index (χ1v) is 3.51. The van der Waals surface area contributed by atoms with Crippen molar-refractivity contribution in [2.24, 2.45) is 5.73 Å². The highest BCUT2D eigenvalue weighted by atomic mass is 15.3. The fraction of sp³-hybridized carbons (Fsp3) is 0.429. The van der Waals surface area contributed by atoms with Crippen molar-refractivity contribution in [3.05, 3.63) is 23.9 Å². The highest BCUT2D eigenvalue weighted by Crippen LogP contribution is 2.14. The molecule has 0 bridgehead atoms. The van der Waals surface area contributed by atoms with E-state index in [1.54, 1.807) is 0 Å². The van der Waals surface area contributed by atoms with E-state index in [1.165, 1.54) is 5.70 Å². The van der Waals surface area contributed by atoms with E-state index >= 15 is 0 Å². The van der Waals surface area contributed by atoms with E-state index in [2.05, 4.69) is 28.9 Å². The first-order chi connectivity index (χ1) is 4.86. The third-order valence-electron chi connectivity index (χ3n) is 1.86. The molecule has 2 aliphatic rings. The highest BCUT2D eigenvalue weighted by Gasteiger charge is 2.24. The van der Waals surface area contributed by atoms with Gasteiger partial charge in [0.15, 0.2) is 0 Å². The standard InChI is InChI=1S/C7H11N3/c8-7-9-5-3-1-2-4-6(5)10-7/h1-3,6-7,9-10H,4,8H2. The Hall–Kier alpha value is -0.800. The predicted molar refractivity (Wildman–Crippen MR) is 39.9 cm³/mol. The van der Waals surface area contributed by atoms with Crippen LogP contribution < -0.4 is 16.4 Å². The van der Waals surface area contributed by atoms with Gasteiger partial charge in [0.25, 0.3) is 0 Å². The molecule has 0 aromatic heterocycles. The molecule has 0 radical (unpaired) electrons. The SMILES string of the molecule is NC1NC2=CC=CCC2N1. The van der Waals surface area contributed by atoms with E-state index in [1.807, 2.05) is 0 Å². The minimum absolute atomic E-state index is 0.0591. The van der Waals surface area contributed by atoms with Crippen LogP contribution in [0.4, 0.5) is 0 Å². The number of hydrogen-bond acceptors (Lipinski definition) is 3. The minimum atomic E-state index is -0.0591. The van der Waals surface area contributed by atoms with Gasteiger partial charge in [-0.25, -0.2) is 0 Å². The number of rotatable bonds is 0. The molecule has 1 fully saturated rings. The second-order valence-electron chi connectivity index (χ2n) is 2.63. The third kappa shape index (κ3) is 0.836. The summed E-state index contributed by atoms with van der Waals surface area (Å²) in [5.74, 6) is 0. The van der Waals surface area contributed by atoms with Gasteiger partial charge in [0.2, 0.25) is 0 Å². The van der Waals surface area contributed by atoms with Crippen molar-refractivity contribution in [1.82, 2.24) is 10.6 Å². The summed E-state index contributed by atoms with van der Waals surface area (Å²) in [5.41, 5.74) is 6.82. The molecule has 0 aromatic rings. The van der Waals surface area contributed by atoms with E-state index < -0.39 is 0 Å². The number of fused-ring (bicyclic) bond motifs is 1. The molecular weight excluding hydrogens is 126 g/mol. The van der Waals surface area contributed by atoms with Crippen LogP contribution in [0.2, 0.25) is 0 Å². The summed E-state index contributed by atoms with van der Waals surface area (Å²) in [7, 11) is 0. The van der Waals surface area contributed by atoms with Gasteiger partial charge < -0.3 is 5.32 Å². The molecule has 2 atom stereocenters. The molecule has 10 heavy (non-hydrogen) atoms. The maximum atomic E-state index is 5.60. The summed E-state index contributed by atoms with van der Waals surface area (Å²) < 4.78 is 0. The van der Waals surface area contributed by atoms with E-state index in [0.29, 0.717) is 6.04 Å². The van der Waals surface area contributed by atoms with Crippen molar-refractivity contribution in [3.63, 3.8) is 0 Å². The van der Waals surface area contributed by atoms with Gasteiger partial charge in [0, 0.05) is 5.70 Å². The Balaban J connectivity index is 2.18. The summed E-state index contributed by atoms with van der Waals surface area (Å²) in [5, 5.41) is 6.34. The van der Waals surface area contributed by atoms with Crippen LogP contribution in [0.3, 0.4) is 0 Å². The summed E-state index contributed by atoms with van der Waals surface area (Å²) in [6.07, 6.45) is 7.25. The lowest BCUT2D eigenvalue weighted by Gasteiger charge is -2.10. The van der Waals surface area contributed by atoms with E-state index in [-0.39, 0.29) is 6.29 Å². The lowest BCUT2D eigenvalue weighted by molar-refractivity contribution is 0.539. The van der Waals surface area contributed by atoms with Crippen LogP contribution >= 0.6 is 0 Å². The van der Waals surface area contributed by atoms with Gasteiger partial charge in [-0.3, -0.25) is 11.1 Å². The first-order valence-electron chi connectivity index (χ1n) is 3.51. The van der Waals surface area contributed by atoms with Crippen LogP contribution in [0.5, 0.6) is 0 Å². The van der Waals surface area contributed by atoms with Crippen molar-refractivity contribution >= 4 is 0 Å². The molecule has 1 aliphatic heterocycles. The lowest BCUT2D eigenvalue weighted by atomic mass is 10.1. The molecule has 1 heterocycles. The highest BCUT2D eigenvalue weighted by molar-refractivity contribution is 5.25. The zero-order chi connectivity index (χ0) is 6.97. The van der Waals surface area contributed by atoms with Crippen LogP contribution in [0.1, 0.15) is 6.42 Å². The van der Waals surface area contributed by atoms with E-state index in [0.717, 1.165) is 6.42 Å². The Morgan fingerprint density at radius 1 is 1.60 bits per heavy atom. The fourth-order valence-corrected chi connectivity index (χ4v) is 1.37. The Kier molecular flexibility index (Phi) is 1.25. The molecule has 1 aliphatic carbocycles. The van der Waals surface area contributed by atoms with Crippen LogP contribution in [0, 0.1) is 0 Å². The molecule has 0 saturated carbocycles. The first kappa shape index (κ1) is 5.95. The molecule has 3 heteroatoms. The molecule has 0 spiro atoms. The molecule has 3 nitrogen and oxygen atoms in total. The molecule has 4 N–H and O–H groups in total. The summed E-state index contributed by atoms with van der Waals surface area (Å²) in [6, 6.07) is 0.431. The Labute approximate surface area is 60.0 Å². The molecule has 0 aromatic carbocycles. The van der Waals surface area contributed by atoms with Gasteiger partial charge in [0.1, 0.15) is 6.29 Å². The van der Waals surface area contributed by atoms with Crippen LogP contribution in [0.15, 0.2) is 23.9 Å². The van der Waals surface area contributed by atoms with Crippen molar-refractivity contribution in [2.45, 2.75) is 18.8 Å². The second kappa shape index (κ2) is 2.11. The van der Waals surface area contributed by atoms with Gasteiger partial charge >= 0.3 is 0 Å². The number of allylic oxidation sites excluding steroid dienone is 2. The van der Waals surface area contributed by atoms with Gasteiger partial charge in [-0.05, 0) is 12.5 Å². The molecule has 54 valence electrons. The zero-order valence-corrected chi connectivity index (χ0v) is 5.67. The molecular formula is C7H11N3. The van der Waals surface area contributed by atoms with Crippen molar-refractivity contribution in [3.8, 4) is 0 Å². The van der Waals surface area contributed by atoms with Gasteiger partial charge in [-0.2, -0.15) is 0 Å². The predicted octanol–water partition coefficient (Wildman–Crippen LogP) is -0.366. The number of hydrogen-bond donors (Lipinski definition) is 3. The molecule has 0 amide bonds. The lowest BCUT2D eigenvalue weighted by Crippen LogP contribution is -2.41. The maximum Gasteiger partial charge on any atom is 0.130 e. The minimum Gasteiger partial charge on any atom is -0.360 e. The number of nitrogens with one attached hydrogen (secondary N) is 2. The third-order valence-corrected chi connectivity index (χ3v) is 1.86. The van der Waals surface area contributed by atoms with Gasteiger partial charge in [-0.15, -0.1) is 0 Å². The van der Waals surface area contributed by atoms with Crippen LogP contribution in [-0.2, 0) is 0 Å². The second-order valence-corrected chi connectivity index (χ2v) is 2.63. The van der Waals surface area contributed by atoms with E-state index in [4.69, 9.17) is 5.73 Å². The summed E-state index contributed by atoms with van der Waals surface area (Å²) in [6.45, 7) is 0. The van der Waals surface area contributed by atoms with E-state index in [9.17, 15) is 0 Å². The summed E-state index contributed by atoms with van der Waals surface area (Å²) in [4.78, 5) is 0. The molecule has 2 rings (SSSR count). The Morgan fingerprint density at radius 3 is 3.30 bits per heavy atom. The maximum absolute atomic E-state index is 5.60. The topological polar surface area (TPSA) is 50.1 Å². The largest absolute Gasteiger partial charge is 0.360 e. The Bertz CT molecular complexity index is 195. The van der Waals surface area contributed by atoms with Gasteiger partial charge in [0.05, 0.1) is 6.04 Å². The van der Waals surface area contributed by atoms with Crippen molar-refractivity contribution in [2.75, 3.05) is 0 Å². The van der Waals surface area contributed by atoms with Crippen molar-refractivity contribution in [1.29, 1.82) is 0 Å². The zero-order valence-electron chi connectivity index (χ0n) is 5.67. The average Bonchev–Trinajstić information content (AvgIpc) is 2.27. The van der Waals surface area contributed by atoms with Crippen LogP contribution in [-0.4, -0.2) is 12.3 Å². The molecule has 1 saturated heterocycles.